The topological polar surface area (TPSA) is 71.6 Å². The minimum atomic E-state index is -0.728. The summed E-state index contributed by atoms with van der Waals surface area (Å²) in [4.78, 5) is 12.3. The zero-order valence-electron chi connectivity index (χ0n) is 11.2. The van der Waals surface area contributed by atoms with E-state index in [0.29, 0.717) is 11.7 Å². The van der Waals surface area contributed by atoms with Crippen molar-refractivity contribution in [3.8, 4) is 6.07 Å². The lowest BCUT2D eigenvalue weighted by Gasteiger charge is -2.10. The molecule has 2 heterocycles. The second-order valence-electron chi connectivity index (χ2n) is 5.72. The number of Topliss-reactive ketones (excluding diaryl/α,β-unsaturated/α-hetero) is 1. The number of hydrogen-bond acceptors (Lipinski definition) is 4. The fourth-order valence-electron chi connectivity index (χ4n) is 2.90. The van der Waals surface area contributed by atoms with Gasteiger partial charge in [-0.3, -0.25) is 4.79 Å². The fourth-order valence-corrected chi connectivity index (χ4v) is 2.90. The molecule has 2 aliphatic rings. The number of ketones is 1. The first-order valence-corrected chi connectivity index (χ1v) is 7.07. The van der Waals surface area contributed by atoms with Gasteiger partial charge < -0.3 is 4.57 Å². The van der Waals surface area contributed by atoms with E-state index < -0.39 is 5.92 Å². The van der Waals surface area contributed by atoms with Gasteiger partial charge >= 0.3 is 0 Å². The van der Waals surface area contributed by atoms with Gasteiger partial charge in [-0.1, -0.05) is 13.3 Å². The number of nitriles is 1. The molecule has 0 aromatic carbocycles. The maximum absolute atomic E-state index is 12.3. The molecule has 1 aliphatic carbocycles. The molecule has 1 aliphatic heterocycles. The first kappa shape index (κ1) is 12.3. The molecule has 19 heavy (non-hydrogen) atoms. The van der Waals surface area contributed by atoms with Crippen molar-refractivity contribution in [3.05, 3.63) is 11.6 Å². The van der Waals surface area contributed by atoms with Crippen molar-refractivity contribution in [3.63, 3.8) is 0 Å². The molecule has 1 fully saturated rings. The Morgan fingerprint density at radius 2 is 2.21 bits per heavy atom. The van der Waals surface area contributed by atoms with Gasteiger partial charge in [-0.25, -0.2) is 0 Å². The van der Waals surface area contributed by atoms with Crippen LogP contribution in [0, 0.1) is 23.2 Å². The summed E-state index contributed by atoms with van der Waals surface area (Å²) in [6, 6.07) is 2.14. The van der Waals surface area contributed by atoms with Gasteiger partial charge in [0.15, 0.2) is 17.5 Å². The van der Waals surface area contributed by atoms with Crippen LogP contribution in [0.4, 0.5) is 0 Å². The third-order valence-corrected chi connectivity index (χ3v) is 4.28. The maximum atomic E-state index is 12.3. The number of carbonyl (C=O) groups is 1. The van der Waals surface area contributed by atoms with Crippen LogP contribution in [0.25, 0.3) is 0 Å². The molecule has 0 N–H and O–H groups in total. The predicted molar refractivity (Wildman–Crippen MR) is 68.2 cm³/mol. The minimum Gasteiger partial charge on any atom is -0.313 e. The van der Waals surface area contributed by atoms with E-state index in [1.54, 1.807) is 0 Å². The van der Waals surface area contributed by atoms with Crippen LogP contribution in [0.2, 0.25) is 0 Å². The van der Waals surface area contributed by atoms with Crippen molar-refractivity contribution in [2.24, 2.45) is 11.8 Å². The quantitative estimate of drug-likeness (QED) is 0.829. The van der Waals surface area contributed by atoms with Gasteiger partial charge in [-0.15, -0.1) is 10.2 Å². The monoisotopic (exact) mass is 258 g/mol. The summed E-state index contributed by atoms with van der Waals surface area (Å²) in [5.41, 5.74) is 0. The standard InChI is InChI=1S/C14H18N4O/c1-9-7-10(9)13(19)11(8-15)14-17-16-12-5-3-2-4-6-18(12)14/h9-11H,2-7H2,1H3/t9-,10+,11-/m1/s1. The Kier molecular flexibility index (Phi) is 3.09. The van der Waals surface area contributed by atoms with Crippen molar-refractivity contribution < 1.29 is 4.79 Å². The zero-order chi connectivity index (χ0) is 13.4. The van der Waals surface area contributed by atoms with Crippen LogP contribution in [-0.2, 0) is 17.8 Å². The highest BCUT2D eigenvalue weighted by molar-refractivity contribution is 5.91. The van der Waals surface area contributed by atoms with Crippen LogP contribution >= 0.6 is 0 Å². The molecule has 0 saturated heterocycles. The van der Waals surface area contributed by atoms with E-state index in [2.05, 4.69) is 23.2 Å². The van der Waals surface area contributed by atoms with Crippen molar-refractivity contribution in [2.45, 2.75) is 51.5 Å². The van der Waals surface area contributed by atoms with E-state index in [-0.39, 0.29) is 11.7 Å². The number of hydrogen-bond donors (Lipinski definition) is 0. The summed E-state index contributed by atoms with van der Waals surface area (Å²) in [5, 5.41) is 17.7. The molecular formula is C14H18N4O. The van der Waals surface area contributed by atoms with Crippen molar-refractivity contribution in [1.29, 1.82) is 5.26 Å². The van der Waals surface area contributed by atoms with Gasteiger partial charge in [0.05, 0.1) is 6.07 Å². The molecule has 1 aromatic rings. The molecule has 5 heteroatoms. The molecular weight excluding hydrogens is 240 g/mol. The number of rotatable bonds is 3. The Morgan fingerprint density at radius 3 is 2.89 bits per heavy atom. The number of aromatic nitrogens is 3. The molecule has 3 atom stereocenters. The van der Waals surface area contributed by atoms with Crippen molar-refractivity contribution in [2.75, 3.05) is 0 Å². The minimum absolute atomic E-state index is 0.0365. The van der Waals surface area contributed by atoms with Crippen LogP contribution in [0.15, 0.2) is 0 Å². The molecule has 1 saturated carbocycles. The van der Waals surface area contributed by atoms with Crippen molar-refractivity contribution >= 4 is 5.78 Å². The number of carbonyl (C=O) groups excluding carboxylic acids is 1. The summed E-state index contributed by atoms with van der Waals surface area (Å²) < 4.78 is 2.01. The molecule has 0 radical (unpaired) electrons. The molecule has 3 rings (SSSR count). The maximum Gasteiger partial charge on any atom is 0.165 e. The van der Waals surface area contributed by atoms with E-state index >= 15 is 0 Å². The molecule has 0 spiro atoms. The second kappa shape index (κ2) is 4.76. The lowest BCUT2D eigenvalue weighted by atomic mass is 10.00. The number of aryl methyl sites for hydroxylation is 1. The zero-order valence-corrected chi connectivity index (χ0v) is 11.2. The van der Waals surface area contributed by atoms with E-state index in [1.165, 1.54) is 6.42 Å². The highest BCUT2D eigenvalue weighted by Gasteiger charge is 2.44. The second-order valence-corrected chi connectivity index (χ2v) is 5.72. The Balaban J connectivity index is 1.90. The summed E-state index contributed by atoms with van der Waals surface area (Å²) in [6.45, 7) is 2.89. The lowest BCUT2D eigenvalue weighted by Crippen LogP contribution is -2.19. The Labute approximate surface area is 112 Å². The average Bonchev–Trinajstić information content (AvgIpc) is 3.09. The molecule has 0 unspecified atom stereocenters. The first-order chi connectivity index (χ1) is 9.22. The van der Waals surface area contributed by atoms with Gasteiger partial charge in [0.25, 0.3) is 0 Å². The fraction of sp³-hybridized carbons (Fsp3) is 0.714. The lowest BCUT2D eigenvalue weighted by molar-refractivity contribution is -0.121. The van der Waals surface area contributed by atoms with Gasteiger partial charge in [-0.2, -0.15) is 5.26 Å². The highest BCUT2D eigenvalue weighted by atomic mass is 16.1. The van der Waals surface area contributed by atoms with Crippen LogP contribution in [0.5, 0.6) is 0 Å². The van der Waals surface area contributed by atoms with E-state index in [9.17, 15) is 10.1 Å². The normalized spacial score (nSPS) is 26.9. The number of fused-ring (bicyclic) bond motifs is 1. The Bertz CT molecular complexity index is 542. The summed E-state index contributed by atoms with van der Waals surface area (Å²) >= 11 is 0. The summed E-state index contributed by atoms with van der Waals surface area (Å²) in [7, 11) is 0. The third kappa shape index (κ3) is 2.16. The van der Waals surface area contributed by atoms with Crippen LogP contribution in [0.1, 0.15) is 50.2 Å². The van der Waals surface area contributed by atoms with Crippen LogP contribution < -0.4 is 0 Å². The SMILES string of the molecule is C[C@@H]1C[C@@H]1C(=O)[C@@H](C#N)c1nnc2n1CCCCC2. The van der Waals surface area contributed by atoms with Crippen LogP contribution in [0.3, 0.4) is 0 Å². The van der Waals surface area contributed by atoms with Gasteiger partial charge in [-0.05, 0) is 25.2 Å². The van der Waals surface area contributed by atoms with Gasteiger partial charge in [0, 0.05) is 18.9 Å². The van der Waals surface area contributed by atoms with E-state index in [1.807, 2.05) is 4.57 Å². The average molecular weight is 258 g/mol. The molecule has 100 valence electrons. The van der Waals surface area contributed by atoms with E-state index in [0.717, 1.165) is 38.1 Å². The highest BCUT2D eigenvalue weighted by Crippen LogP contribution is 2.41. The molecule has 5 nitrogen and oxygen atoms in total. The molecule has 1 aromatic heterocycles. The van der Waals surface area contributed by atoms with Crippen LogP contribution in [-0.4, -0.2) is 20.5 Å². The van der Waals surface area contributed by atoms with Gasteiger partial charge in [0.2, 0.25) is 0 Å². The largest absolute Gasteiger partial charge is 0.313 e. The summed E-state index contributed by atoms with van der Waals surface area (Å²) in [6.07, 6.45) is 5.18. The third-order valence-electron chi connectivity index (χ3n) is 4.28. The smallest absolute Gasteiger partial charge is 0.165 e. The van der Waals surface area contributed by atoms with Gasteiger partial charge in [0.1, 0.15) is 5.82 Å². The summed E-state index contributed by atoms with van der Waals surface area (Å²) in [5.74, 6) is 1.30. The van der Waals surface area contributed by atoms with E-state index in [4.69, 9.17) is 0 Å². The number of nitrogens with zero attached hydrogens (tertiary/aromatic N) is 4. The Morgan fingerprint density at radius 1 is 1.42 bits per heavy atom. The first-order valence-electron chi connectivity index (χ1n) is 7.07. The predicted octanol–water partition coefficient (Wildman–Crippen LogP) is 1.84. The molecule has 0 amide bonds. The molecule has 0 bridgehead atoms. The van der Waals surface area contributed by atoms with Crippen molar-refractivity contribution in [1.82, 2.24) is 14.8 Å². The Hall–Kier alpha value is -1.70.